The van der Waals surface area contributed by atoms with Crippen LogP contribution in [0, 0.1) is 5.41 Å². The highest BCUT2D eigenvalue weighted by Gasteiger charge is 2.60. The molecule has 0 bridgehead atoms. The van der Waals surface area contributed by atoms with Crippen LogP contribution in [-0.2, 0) is 14.4 Å². The number of carboxylic acid groups (broad SMARTS) is 3. The van der Waals surface area contributed by atoms with Crippen LogP contribution < -0.4 is 0 Å². The highest BCUT2D eigenvalue weighted by molar-refractivity contribution is 5.92. The second-order valence-electron chi connectivity index (χ2n) is 4.11. The Kier molecular flexibility index (Phi) is 5.45. The fraction of sp³-hybridized carbons (Fsp3) is 0.417. The highest BCUT2D eigenvalue weighted by Crippen LogP contribution is 2.42. The summed E-state index contributed by atoms with van der Waals surface area (Å²) in [5.74, 6) is -5.16. The van der Waals surface area contributed by atoms with Crippen molar-refractivity contribution in [2.24, 2.45) is 5.41 Å². The Hall–Kier alpha value is -2.15. The van der Waals surface area contributed by atoms with Gasteiger partial charge in [0.1, 0.15) is 5.41 Å². The maximum Gasteiger partial charge on any atom is 0.337 e. The highest BCUT2D eigenvalue weighted by atomic mass is 16.4. The summed E-state index contributed by atoms with van der Waals surface area (Å²) in [6, 6.07) is 0. The molecule has 0 spiro atoms. The maximum absolute atomic E-state index is 11.4. The number of carbonyl (C=O) groups is 3. The van der Waals surface area contributed by atoms with Gasteiger partial charge in [0.05, 0.1) is 6.42 Å². The van der Waals surface area contributed by atoms with E-state index in [0.29, 0.717) is 0 Å². The summed E-state index contributed by atoms with van der Waals surface area (Å²) in [6.45, 7) is 6.63. The fourth-order valence-corrected chi connectivity index (χ4v) is 1.93. The molecule has 106 valence electrons. The van der Waals surface area contributed by atoms with Gasteiger partial charge in [-0.15, -0.1) is 13.2 Å². The van der Waals surface area contributed by atoms with Gasteiger partial charge in [0.2, 0.25) is 0 Å². The van der Waals surface area contributed by atoms with Gasteiger partial charge in [0.25, 0.3) is 0 Å². The molecule has 0 saturated heterocycles. The Balaban J connectivity index is 6.06. The second-order valence-corrected chi connectivity index (χ2v) is 4.11. The summed E-state index contributed by atoms with van der Waals surface area (Å²) in [5.41, 5.74) is -5.20. The fourth-order valence-electron chi connectivity index (χ4n) is 1.93. The number of aliphatic hydroxyl groups is 1. The summed E-state index contributed by atoms with van der Waals surface area (Å²) in [5, 5.41) is 37.2. The minimum Gasteiger partial charge on any atom is -0.481 e. The quantitative estimate of drug-likeness (QED) is 0.449. The molecule has 0 amide bonds. The minimum absolute atomic E-state index is 0.412. The number of hydrogen-bond acceptors (Lipinski definition) is 4. The van der Waals surface area contributed by atoms with Gasteiger partial charge in [-0.2, -0.15) is 0 Å². The summed E-state index contributed by atoms with van der Waals surface area (Å²) in [7, 11) is 0. The Bertz CT molecular complexity index is 402. The van der Waals surface area contributed by atoms with E-state index in [1.807, 2.05) is 0 Å². The standard InChI is InChI=1S/C12H16O7/c1-3-5-11(6-4-2,9(15)16)12(19,10(17)18)7-8(13)14/h3-4,19H,1-2,5-7H2,(H,13,14)(H,15,16)(H,17,18). The predicted octanol–water partition coefficient (Wildman–Crippen LogP) is 0.500. The molecule has 7 heteroatoms. The zero-order chi connectivity index (χ0) is 15.3. The Morgan fingerprint density at radius 2 is 1.37 bits per heavy atom. The van der Waals surface area contributed by atoms with E-state index >= 15 is 0 Å². The number of allylic oxidation sites excluding steroid dienone is 2. The van der Waals surface area contributed by atoms with Crippen molar-refractivity contribution in [2.45, 2.75) is 24.9 Å². The van der Waals surface area contributed by atoms with Crippen LogP contribution in [0.3, 0.4) is 0 Å². The van der Waals surface area contributed by atoms with Crippen LogP contribution in [0.25, 0.3) is 0 Å². The van der Waals surface area contributed by atoms with Crippen LogP contribution in [-0.4, -0.2) is 43.9 Å². The molecule has 0 radical (unpaired) electrons. The topological polar surface area (TPSA) is 132 Å². The van der Waals surface area contributed by atoms with Crippen LogP contribution in [0.4, 0.5) is 0 Å². The van der Waals surface area contributed by atoms with Gasteiger partial charge in [0.15, 0.2) is 5.60 Å². The van der Waals surface area contributed by atoms with E-state index in [1.165, 1.54) is 0 Å². The summed E-state index contributed by atoms with van der Waals surface area (Å²) in [4.78, 5) is 33.4. The van der Waals surface area contributed by atoms with Crippen LogP contribution in [0.5, 0.6) is 0 Å². The molecule has 0 aromatic heterocycles. The first-order valence-electron chi connectivity index (χ1n) is 5.30. The molecular formula is C12H16O7. The smallest absolute Gasteiger partial charge is 0.337 e. The van der Waals surface area contributed by atoms with Gasteiger partial charge < -0.3 is 20.4 Å². The van der Waals surface area contributed by atoms with Crippen LogP contribution >= 0.6 is 0 Å². The number of hydrogen-bond donors (Lipinski definition) is 4. The molecule has 1 unspecified atom stereocenters. The molecule has 19 heavy (non-hydrogen) atoms. The van der Waals surface area contributed by atoms with E-state index in [1.54, 1.807) is 0 Å². The second kappa shape index (κ2) is 6.14. The average Bonchev–Trinajstić information content (AvgIpc) is 2.26. The van der Waals surface area contributed by atoms with E-state index in [-0.39, 0.29) is 0 Å². The van der Waals surface area contributed by atoms with Crippen molar-refractivity contribution in [3.8, 4) is 0 Å². The van der Waals surface area contributed by atoms with Crippen LogP contribution in [0.1, 0.15) is 19.3 Å². The Morgan fingerprint density at radius 3 is 1.58 bits per heavy atom. The summed E-state index contributed by atoms with van der Waals surface area (Å²) in [6.07, 6.45) is 0.173. The van der Waals surface area contributed by atoms with Gasteiger partial charge >= 0.3 is 17.9 Å². The van der Waals surface area contributed by atoms with E-state index < -0.39 is 48.2 Å². The van der Waals surface area contributed by atoms with Crippen molar-refractivity contribution in [1.29, 1.82) is 0 Å². The Morgan fingerprint density at radius 1 is 0.947 bits per heavy atom. The van der Waals surface area contributed by atoms with Crippen LogP contribution in [0.2, 0.25) is 0 Å². The number of carboxylic acids is 3. The molecule has 4 N–H and O–H groups in total. The van der Waals surface area contributed by atoms with Gasteiger partial charge in [-0.25, -0.2) is 4.79 Å². The van der Waals surface area contributed by atoms with E-state index in [9.17, 15) is 24.6 Å². The lowest BCUT2D eigenvalue weighted by Gasteiger charge is -2.39. The lowest BCUT2D eigenvalue weighted by molar-refractivity contribution is -0.193. The van der Waals surface area contributed by atoms with Crippen molar-refractivity contribution < 1.29 is 34.8 Å². The minimum atomic E-state index is -2.97. The predicted molar refractivity (Wildman–Crippen MR) is 64.5 cm³/mol. The lowest BCUT2D eigenvalue weighted by Crippen LogP contribution is -2.59. The zero-order valence-electron chi connectivity index (χ0n) is 10.2. The monoisotopic (exact) mass is 272 g/mol. The van der Waals surface area contributed by atoms with Gasteiger partial charge in [0, 0.05) is 0 Å². The molecule has 7 nitrogen and oxygen atoms in total. The SMILES string of the molecule is C=CCC(CC=C)(C(=O)O)C(O)(CC(=O)O)C(=O)O. The molecule has 0 saturated carbocycles. The average molecular weight is 272 g/mol. The molecule has 0 fully saturated rings. The molecular weight excluding hydrogens is 256 g/mol. The Labute approximate surface area is 109 Å². The van der Waals surface area contributed by atoms with E-state index in [2.05, 4.69) is 13.2 Å². The van der Waals surface area contributed by atoms with Crippen molar-refractivity contribution in [3.05, 3.63) is 25.3 Å². The van der Waals surface area contributed by atoms with Crippen molar-refractivity contribution in [2.75, 3.05) is 0 Å². The molecule has 0 rings (SSSR count). The third-order valence-electron chi connectivity index (χ3n) is 2.95. The van der Waals surface area contributed by atoms with Crippen molar-refractivity contribution >= 4 is 17.9 Å². The van der Waals surface area contributed by atoms with Crippen molar-refractivity contribution in [3.63, 3.8) is 0 Å². The number of rotatable bonds is 9. The van der Waals surface area contributed by atoms with Gasteiger partial charge in [-0.1, -0.05) is 12.2 Å². The molecule has 0 aromatic rings. The molecule has 1 atom stereocenters. The molecule has 0 aliphatic heterocycles. The summed E-state index contributed by atoms with van der Waals surface area (Å²) < 4.78 is 0. The zero-order valence-corrected chi connectivity index (χ0v) is 10.2. The lowest BCUT2D eigenvalue weighted by atomic mass is 9.65. The van der Waals surface area contributed by atoms with Crippen molar-refractivity contribution in [1.82, 2.24) is 0 Å². The third-order valence-corrected chi connectivity index (χ3v) is 2.95. The first-order chi connectivity index (χ1) is 8.67. The van der Waals surface area contributed by atoms with Gasteiger partial charge in [-0.05, 0) is 12.8 Å². The third kappa shape index (κ3) is 3.00. The molecule has 0 aliphatic rings. The van der Waals surface area contributed by atoms with Gasteiger partial charge in [-0.3, -0.25) is 9.59 Å². The maximum atomic E-state index is 11.4. The van der Waals surface area contributed by atoms with E-state index in [4.69, 9.17) is 10.2 Å². The summed E-state index contributed by atoms with van der Waals surface area (Å²) >= 11 is 0. The largest absolute Gasteiger partial charge is 0.481 e. The van der Waals surface area contributed by atoms with E-state index in [0.717, 1.165) is 12.2 Å². The normalized spacial score (nSPS) is 14.2. The molecule has 0 aromatic carbocycles. The first kappa shape index (κ1) is 16.9. The molecule has 0 aliphatic carbocycles. The number of aliphatic carboxylic acids is 3. The van der Waals surface area contributed by atoms with Crippen LogP contribution in [0.15, 0.2) is 25.3 Å². The molecule has 0 heterocycles. The first-order valence-corrected chi connectivity index (χ1v) is 5.30.